The van der Waals surface area contributed by atoms with Crippen molar-refractivity contribution < 1.29 is 8.42 Å². The average molecular weight is 361 g/mol. The molecule has 130 valence electrons. The molecule has 1 rings (SSSR count). The highest BCUT2D eigenvalue weighted by molar-refractivity contribution is 7.89. The van der Waals surface area contributed by atoms with Crippen LogP contribution in [0.4, 0.5) is 0 Å². The van der Waals surface area contributed by atoms with Crippen molar-refractivity contribution in [3.05, 3.63) is 29.3 Å². The van der Waals surface area contributed by atoms with E-state index in [2.05, 4.69) is 22.0 Å². The summed E-state index contributed by atoms with van der Waals surface area (Å²) in [5.74, 6) is 0.750. The predicted molar refractivity (Wildman–Crippen MR) is 95.5 cm³/mol. The maximum atomic E-state index is 12.1. The summed E-state index contributed by atoms with van der Waals surface area (Å²) in [6.45, 7) is 3.75. The molecule has 0 heterocycles. The topological polar surface area (TPSA) is 73.8 Å². The van der Waals surface area contributed by atoms with E-state index in [1.165, 1.54) is 12.1 Å². The minimum atomic E-state index is -3.55. The first-order valence-corrected chi connectivity index (χ1v) is 9.44. The molecule has 0 aliphatic rings. The fourth-order valence-electron chi connectivity index (χ4n) is 1.96. The molecule has 0 fully saturated rings. The van der Waals surface area contributed by atoms with Gasteiger partial charge in [0.25, 0.3) is 0 Å². The van der Waals surface area contributed by atoms with E-state index in [4.69, 9.17) is 11.6 Å². The summed E-state index contributed by atoms with van der Waals surface area (Å²) in [7, 11) is 0.119. The molecule has 0 atom stereocenters. The third kappa shape index (κ3) is 6.76. The molecule has 0 aliphatic heterocycles. The van der Waals surface area contributed by atoms with Crippen molar-refractivity contribution >= 4 is 27.6 Å². The summed E-state index contributed by atoms with van der Waals surface area (Å²) in [4.78, 5) is 6.37. The third-order valence-corrected chi connectivity index (χ3v) is 4.92. The molecular weight excluding hydrogens is 336 g/mol. The first kappa shape index (κ1) is 19.7. The van der Waals surface area contributed by atoms with E-state index < -0.39 is 10.0 Å². The summed E-state index contributed by atoms with van der Waals surface area (Å²) < 4.78 is 26.8. The molecule has 0 amide bonds. The Labute approximate surface area is 144 Å². The Morgan fingerprint density at radius 1 is 1.35 bits per heavy atom. The standard InChI is InChI=1S/C15H25ClN4O2S/c1-4-5-11-20(3)15(17-2)18-9-10-19-23(21,22)14-8-6-7-13(16)12-14/h6-8,12,19H,4-5,9-11H2,1-3H3,(H,17,18). The van der Waals surface area contributed by atoms with Gasteiger partial charge in [-0.25, -0.2) is 13.1 Å². The molecule has 6 nitrogen and oxygen atoms in total. The lowest BCUT2D eigenvalue weighted by molar-refractivity contribution is 0.465. The number of guanidine groups is 1. The number of nitrogens with one attached hydrogen (secondary N) is 2. The highest BCUT2D eigenvalue weighted by Crippen LogP contribution is 2.14. The predicted octanol–water partition coefficient (Wildman–Crippen LogP) is 1.93. The molecule has 0 saturated heterocycles. The first-order chi connectivity index (χ1) is 10.9. The van der Waals surface area contributed by atoms with Crippen LogP contribution in [0.3, 0.4) is 0 Å². The number of halogens is 1. The van der Waals surface area contributed by atoms with Crippen LogP contribution < -0.4 is 10.0 Å². The molecule has 0 aromatic heterocycles. The molecule has 0 unspecified atom stereocenters. The van der Waals surface area contributed by atoms with Crippen molar-refractivity contribution in [2.75, 3.05) is 33.7 Å². The minimum Gasteiger partial charge on any atom is -0.355 e. The zero-order valence-corrected chi connectivity index (χ0v) is 15.4. The number of aliphatic imine (C=N–C) groups is 1. The molecule has 0 radical (unpaired) electrons. The van der Waals surface area contributed by atoms with Crippen LogP contribution in [0, 0.1) is 0 Å². The van der Waals surface area contributed by atoms with Crippen LogP contribution in [0.2, 0.25) is 5.02 Å². The molecule has 0 aliphatic carbocycles. The molecule has 2 N–H and O–H groups in total. The van der Waals surface area contributed by atoms with Crippen LogP contribution in [0.25, 0.3) is 0 Å². The fourth-order valence-corrected chi connectivity index (χ4v) is 3.30. The average Bonchev–Trinajstić information content (AvgIpc) is 2.52. The second-order valence-electron chi connectivity index (χ2n) is 5.10. The van der Waals surface area contributed by atoms with Gasteiger partial charge in [0.2, 0.25) is 10.0 Å². The van der Waals surface area contributed by atoms with Gasteiger partial charge in [-0.1, -0.05) is 31.0 Å². The lowest BCUT2D eigenvalue weighted by atomic mass is 10.3. The molecular formula is C15H25ClN4O2S. The highest BCUT2D eigenvalue weighted by atomic mass is 35.5. The van der Waals surface area contributed by atoms with E-state index in [0.717, 1.165) is 25.3 Å². The molecule has 1 aromatic carbocycles. The lowest BCUT2D eigenvalue weighted by Crippen LogP contribution is -2.42. The Morgan fingerprint density at radius 3 is 2.70 bits per heavy atom. The molecule has 23 heavy (non-hydrogen) atoms. The summed E-state index contributed by atoms with van der Waals surface area (Å²) in [5.41, 5.74) is 0. The number of hydrogen-bond donors (Lipinski definition) is 2. The minimum absolute atomic E-state index is 0.162. The summed E-state index contributed by atoms with van der Waals surface area (Å²) in [6.07, 6.45) is 2.19. The van der Waals surface area contributed by atoms with Crippen LogP contribution in [0.5, 0.6) is 0 Å². The summed E-state index contributed by atoms with van der Waals surface area (Å²) in [5, 5.41) is 3.53. The Kier molecular flexibility index (Phi) is 8.36. The number of nitrogens with zero attached hydrogens (tertiary/aromatic N) is 2. The Hall–Kier alpha value is -1.31. The van der Waals surface area contributed by atoms with Gasteiger partial charge in [0.05, 0.1) is 4.90 Å². The van der Waals surface area contributed by atoms with Crippen LogP contribution in [-0.4, -0.2) is 53.0 Å². The van der Waals surface area contributed by atoms with Crippen molar-refractivity contribution in [1.29, 1.82) is 0 Å². The largest absolute Gasteiger partial charge is 0.355 e. The van der Waals surface area contributed by atoms with Crippen LogP contribution >= 0.6 is 11.6 Å². The van der Waals surface area contributed by atoms with Gasteiger partial charge < -0.3 is 10.2 Å². The van der Waals surface area contributed by atoms with E-state index in [1.54, 1.807) is 19.2 Å². The number of sulfonamides is 1. The van der Waals surface area contributed by atoms with E-state index in [0.29, 0.717) is 11.6 Å². The number of rotatable bonds is 8. The zero-order chi connectivity index (χ0) is 17.3. The smallest absolute Gasteiger partial charge is 0.240 e. The monoisotopic (exact) mass is 360 g/mol. The zero-order valence-electron chi connectivity index (χ0n) is 13.8. The molecule has 1 aromatic rings. The van der Waals surface area contributed by atoms with Gasteiger partial charge in [-0.15, -0.1) is 0 Å². The quantitative estimate of drug-likeness (QED) is 0.422. The van der Waals surface area contributed by atoms with Gasteiger partial charge >= 0.3 is 0 Å². The second-order valence-corrected chi connectivity index (χ2v) is 7.31. The van der Waals surface area contributed by atoms with Crippen molar-refractivity contribution in [3.63, 3.8) is 0 Å². The van der Waals surface area contributed by atoms with E-state index in [1.807, 2.05) is 11.9 Å². The van der Waals surface area contributed by atoms with Crippen molar-refractivity contribution in [2.24, 2.45) is 4.99 Å². The van der Waals surface area contributed by atoms with Crippen molar-refractivity contribution in [3.8, 4) is 0 Å². The maximum Gasteiger partial charge on any atom is 0.240 e. The Morgan fingerprint density at radius 2 is 2.09 bits per heavy atom. The van der Waals surface area contributed by atoms with E-state index in [9.17, 15) is 8.42 Å². The number of hydrogen-bond acceptors (Lipinski definition) is 3. The van der Waals surface area contributed by atoms with Gasteiger partial charge in [-0.05, 0) is 24.6 Å². The van der Waals surface area contributed by atoms with Crippen molar-refractivity contribution in [1.82, 2.24) is 14.9 Å². The van der Waals surface area contributed by atoms with Crippen LogP contribution in [-0.2, 0) is 10.0 Å². The molecule has 8 heteroatoms. The maximum absolute atomic E-state index is 12.1. The first-order valence-electron chi connectivity index (χ1n) is 7.57. The Balaban J connectivity index is 2.47. The molecule has 0 bridgehead atoms. The third-order valence-electron chi connectivity index (χ3n) is 3.23. The highest BCUT2D eigenvalue weighted by Gasteiger charge is 2.13. The second kappa shape index (κ2) is 9.75. The number of benzene rings is 1. The lowest BCUT2D eigenvalue weighted by Gasteiger charge is -2.21. The fraction of sp³-hybridized carbons (Fsp3) is 0.533. The van der Waals surface area contributed by atoms with Gasteiger partial charge in [0.1, 0.15) is 0 Å². The van der Waals surface area contributed by atoms with Crippen molar-refractivity contribution in [2.45, 2.75) is 24.7 Å². The van der Waals surface area contributed by atoms with E-state index >= 15 is 0 Å². The van der Waals surface area contributed by atoms with Crippen LogP contribution in [0.1, 0.15) is 19.8 Å². The van der Waals surface area contributed by atoms with Gasteiger partial charge in [0.15, 0.2) is 5.96 Å². The van der Waals surface area contributed by atoms with E-state index in [-0.39, 0.29) is 11.4 Å². The Bertz CT molecular complexity index is 620. The molecule has 0 spiro atoms. The van der Waals surface area contributed by atoms with Crippen LogP contribution in [0.15, 0.2) is 34.2 Å². The SMILES string of the molecule is CCCCN(C)C(=NC)NCCNS(=O)(=O)c1cccc(Cl)c1. The normalized spacial score (nSPS) is 12.3. The van der Waals surface area contributed by atoms with Gasteiger partial charge in [-0.2, -0.15) is 0 Å². The van der Waals surface area contributed by atoms with Gasteiger partial charge in [0, 0.05) is 38.8 Å². The number of unbranched alkanes of at least 4 members (excludes halogenated alkanes) is 1. The summed E-state index contributed by atoms with van der Waals surface area (Å²) >= 11 is 5.82. The summed E-state index contributed by atoms with van der Waals surface area (Å²) in [6, 6.07) is 6.19. The van der Waals surface area contributed by atoms with Gasteiger partial charge in [-0.3, -0.25) is 4.99 Å². The molecule has 0 saturated carbocycles.